The highest BCUT2D eigenvalue weighted by atomic mass is 35.5. The Hall–Kier alpha value is -5.11. The molecule has 14 heteroatoms. The number of benzene rings is 2. The Morgan fingerprint density at radius 3 is 2.80 bits per heavy atom. The van der Waals surface area contributed by atoms with Crippen LogP contribution in [0, 0.1) is 22.7 Å². The number of nitrogens with one attached hydrogen (secondary N) is 2. The number of methoxy groups -OCH3 is 1. The number of amides is 1. The number of anilines is 4. The van der Waals surface area contributed by atoms with Gasteiger partial charge in [-0.25, -0.2) is 4.98 Å². The maximum Gasteiger partial charge on any atom is 0.247 e. The number of carbonyl (C=O) groups excluding carboxylic acids is 1. The molecule has 2 saturated heterocycles. The molecule has 6 rings (SSSR count). The molecule has 0 aliphatic carbocycles. The first-order valence-corrected chi connectivity index (χ1v) is 14.5. The second-order valence-corrected chi connectivity index (χ2v) is 10.8. The first kappa shape index (κ1) is 29.0. The van der Waals surface area contributed by atoms with Crippen molar-refractivity contribution in [2.45, 2.75) is 32.0 Å². The predicted molar refractivity (Wildman–Crippen MR) is 163 cm³/mol. The average molecular weight is 613 g/mol. The van der Waals surface area contributed by atoms with Crippen molar-refractivity contribution in [3.8, 4) is 17.9 Å². The number of nitrogens with zero attached hydrogens (tertiary/aromatic N) is 8. The fourth-order valence-electron chi connectivity index (χ4n) is 5.51. The number of hydrogen-bond donors (Lipinski definition) is 2. The summed E-state index contributed by atoms with van der Waals surface area (Å²) in [5.41, 5.74) is 3.19. The number of halogens is 1. The standard InChI is InChI=1S/C30H29ClN10O3/c1-3-39(15-18-4-6-21(43-2)7-5-18)29-28-34-14-20(13-33)41(28)38-30(37-29)36-23-10-19(12-32)11-24(27(23)31)40-9-8-22-25(16-40)44-17-26(42)35-22/h4-7,10-11,14,22,25H,3,8-9,15-17H2,1-2H3,(H,35,42)(H,36,38)/t22-,25-/m1/s1. The van der Waals surface area contributed by atoms with Crippen molar-refractivity contribution >= 4 is 46.3 Å². The number of rotatable bonds is 8. The molecule has 2 atom stereocenters. The molecule has 1 amide bonds. The van der Waals surface area contributed by atoms with Crippen LogP contribution in [0.3, 0.4) is 0 Å². The van der Waals surface area contributed by atoms with E-state index in [0.717, 1.165) is 11.3 Å². The third-order valence-electron chi connectivity index (χ3n) is 7.78. The summed E-state index contributed by atoms with van der Waals surface area (Å²) in [6, 6.07) is 15.4. The molecule has 0 unspecified atom stereocenters. The number of morpholine rings is 1. The maximum atomic E-state index is 11.8. The molecular formula is C30H29ClN10O3. The summed E-state index contributed by atoms with van der Waals surface area (Å²) in [5.74, 6) is 1.34. The number of nitriles is 2. The van der Waals surface area contributed by atoms with Gasteiger partial charge in [0.25, 0.3) is 0 Å². The van der Waals surface area contributed by atoms with Gasteiger partial charge in [-0.15, -0.1) is 5.10 Å². The molecule has 2 aliphatic heterocycles. The lowest BCUT2D eigenvalue weighted by molar-refractivity contribution is -0.137. The van der Waals surface area contributed by atoms with Gasteiger partial charge in [0.1, 0.15) is 18.4 Å². The lowest BCUT2D eigenvalue weighted by atomic mass is 9.99. The van der Waals surface area contributed by atoms with Gasteiger partial charge in [0.15, 0.2) is 17.2 Å². The van der Waals surface area contributed by atoms with Crippen LogP contribution in [0.5, 0.6) is 5.75 Å². The molecule has 0 spiro atoms. The number of hydrogen-bond acceptors (Lipinski definition) is 11. The van der Waals surface area contributed by atoms with E-state index in [1.807, 2.05) is 36.1 Å². The Bertz CT molecular complexity index is 1800. The fraction of sp³-hybridized carbons (Fsp3) is 0.333. The highest BCUT2D eigenvalue weighted by Gasteiger charge is 2.35. The van der Waals surface area contributed by atoms with E-state index >= 15 is 0 Å². The van der Waals surface area contributed by atoms with Crippen molar-refractivity contribution in [2.24, 2.45) is 0 Å². The van der Waals surface area contributed by atoms with Crippen LogP contribution in [0.15, 0.2) is 42.6 Å². The molecule has 4 aromatic rings. The van der Waals surface area contributed by atoms with Crippen LogP contribution in [-0.4, -0.2) is 71.0 Å². The molecule has 2 aliphatic rings. The molecule has 2 aromatic heterocycles. The summed E-state index contributed by atoms with van der Waals surface area (Å²) in [4.78, 5) is 25.1. The smallest absolute Gasteiger partial charge is 0.247 e. The molecule has 2 fully saturated rings. The number of carbonyl (C=O) groups is 1. The van der Waals surface area contributed by atoms with E-state index in [-0.39, 0.29) is 36.3 Å². The van der Waals surface area contributed by atoms with Crippen molar-refractivity contribution in [2.75, 3.05) is 48.5 Å². The Labute approximate surface area is 258 Å². The molecule has 0 saturated carbocycles. The third kappa shape index (κ3) is 5.63. The topological polar surface area (TPSA) is 157 Å². The minimum atomic E-state index is -0.190. The Morgan fingerprint density at radius 2 is 2.07 bits per heavy atom. The van der Waals surface area contributed by atoms with Gasteiger partial charge in [-0.2, -0.15) is 20.0 Å². The van der Waals surface area contributed by atoms with Crippen LogP contribution in [0.1, 0.15) is 30.2 Å². The minimum absolute atomic E-state index is 0.0160. The molecule has 224 valence electrons. The quantitative estimate of drug-likeness (QED) is 0.300. The lowest BCUT2D eigenvalue weighted by Gasteiger charge is -2.42. The Kier molecular flexibility index (Phi) is 8.07. The number of ether oxygens (including phenoxy) is 2. The normalized spacial score (nSPS) is 17.8. The molecule has 13 nitrogen and oxygen atoms in total. The number of piperidine rings is 1. The summed E-state index contributed by atoms with van der Waals surface area (Å²) in [6.45, 7) is 4.26. The van der Waals surface area contributed by atoms with E-state index in [1.165, 1.54) is 10.7 Å². The summed E-state index contributed by atoms with van der Waals surface area (Å²) in [7, 11) is 1.62. The minimum Gasteiger partial charge on any atom is -0.497 e. The van der Waals surface area contributed by atoms with Gasteiger partial charge < -0.3 is 29.9 Å². The maximum absolute atomic E-state index is 11.8. The van der Waals surface area contributed by atoms with Crippen molar-refractivity contribution in [1.82, 2.24) is 24.9 Å². The van der Waals surface area contributed by atoms with E-state index in [9.17, 15) is 15.3 Å². The lowest BCUT2D eigenvalue weighted by Crippen LogP contribution is -2.59. The van der Waals surface area contributed by atoms with Crippen molar-refractivity contribution < 1.29 is 14.3 Å². The van der Waals surface area contributed by atoms with Crippen LogP contribution in [-0.2, 0) is 16.1 Å². The number of imidazole rings is 1. The van der Waals surface area contributed by atoms with Crippen molar-refractivity contribution in [3.63, 3.8) is 0 Å². The molecule has 44 heavy (non-hydrogen) atoms. The van der Waals surface area contributed by atoms with Gasteiger partial charge in [-0.05, 0) is 43.2 Å². The fourth-order valence-corrected chi connectivity index (χ4v) is 5.79. The predicted octanol–water partition coefficient (Wildman–Crippen LogP) is 3.39. The SMILES string of the molecule is CCN(Cc1ccc(OC)cc1)c1nc(Nc2cc(C#N)cc(N3CC[C@H]4NC(=O)CO[C@@H]4C3)c2Cl)nn2c(C#N)cnc12. The van der Waals surface area contributed by atoms with Crippen molar-refractivity contribution in [1.29, 1.82) is 10.5 Å². The highest BCUT2D eigenvalue weighted by molar-refractivity contribution is 6.36. The van der Waals surface area contributed by atoms with Gasteiger partial charge in [-0.3, -0.25) is 4.79 Å². The first-order chi connectivity index (χ1) is 21.4. The van der Waals surface area contributed by atoms with E-state index in [2.05, 4.69) is 37.8 Å². The second-order valence-electron chi connectivity index (χ2n) is 10.5. The Morgan fingerprint density at radius 1 is 1.25 bits per heavy atom. The van der Waals surface area contributed by atoms with Crippen molar-refractivity contribution in [3.05, 3.63) is 64.4 Å². The molecular weight excluding hydrogens is 584 g/mol. The number of fused-ring (bicyclic) bond motifs is 2. The third-order valence-corrected chi connectivity index (χ3v) is 8.17. The van der Waals surface area contributed by atoms with Gasteiger partial charge in [-0.1, -0.05) is 23.7 Å². The summed E-state index contributed by atoms with van der Waals surface area (Å²) < 4.78 is 12.5. The summed E-state index contributed by atoms with van der Waals surface area (Å²) in [5, 5.41) is 30.7. The van der Waals surface area contributed by atoms with E-state index < -0.39 is 0 Å². The van der Waals surface area contributed by atoms with Gasteiger partial charge >= 0.3 is 0 Å². The van der Waals surface area contributed by atoms with Crippen LogP contribution in [0.25, 0.3) is 5.65 Å². The highest BCUT2D eigenvalue weighted by Crippen LogP contribution is 2.38. The van der Waals surface area contributed by atoms with Gasteiger partial charge in [0.2, 0.25) is 11.9 Å². The molecule has 0 bridgehead atoms. The van der Waals surface area contributed by atoms with E-state index in [1.54, 1.807) is 19.2 Å². The van der Waals surface area contributed by atoms with E-state index in [4.69, 9.17) is 26.1 Å². The average Bonchev–Trinajstić information content (AvgIpc) is 3.47. The largest absolute Gasteiger partial charge is 0.497 e. The zero-order chi connectivity index (χ0) is 30.8. The molecule has 4 heterocycles. The molecule has 2 aromatic carbocycles. The molecule has 0 radical (unpaired) electrons. The number of aromatic nitrogens is 4. The van der Waals surface area contributed by atoms with Crippen LogP contribution < -0.4 is 25.2 Å². The zero-order valence-electron chi connectivity index (χ0n) is 24.1. The first-order valence-electron chi connectivity index (χ1n) is 14.1. The van der Waals surface area contributed by atoms with Gasteiger partial charge in [0, 0.05) is 26.2 Å². The Balaban J connectivity index is 1.35. The zero-order valence-corrected chi connectivity index (χ0v) is 24.9. The summed E-state index contributed by atoms with van der Waals surface area (Å²) >= 11 is 6.96. The monoisotopic (exact) mass is 612 g/mol. The second kappa shape index (κ2) is 12.2. The van der Waals surface area contributed by atoms with Crippen LogP contribution in [0.2, 0.25) is 5.02 Å². The van der Waals surface area contributed by atoms with Crippen LogP contribution in [0.4, 0.5) is 23.1 Å². The molecule has 2 N–H and O–H groups in total. The summed E-state index contributed by atoms with van der Waals surface area (Å²) in [6.07, 6.45) is 1.94. The van der Waals surface area contributed by atoms with Crippen LogP contribution >= 0.6 is 11.6 Å². The van der Waals surface area contributed by atoms with Gasteiger partial charge in [0.05, 0.1) is 53.5 Å². The van der Waals surface area contributed by atoms with E-state index in [0.29, 0.717) is 66.0 Å².